The summed E-state index contributed by atoms with van der Waals surface area (Å²) in [6.07, 6.45) is -7.59. The molecule has 0 aliphatic carbocycles. The third-order valence-electron chi connectivity index (χ3n) is 5.18. The van der Waals surface area contributed by atoms with E-state index in [0.29, 0.717) is 0 Å². The van der Waals surface area contributed by atoms with E-state index in [1.165, 1.54) is 41.5 Å². The predicted octanol–water partition coefficient (Wildman–Crippen LogP) is 7.20. The van der Waals surface area contributed by atoms with Crippen LogP contribution in [0.3, 0.4) is 0 Å². The standard InChI is InChI=1S/C15H21F13O3SSi/c1-7(2)33(8(3)4,9(5)6)31-32(29,30)15(27,28)13(22,23)11(18,19)10(16,17)12(20,21)14(24,25)26/h7-9H,1-6H3. The lowest BCUT2D eigenvalue weighted by Crippen LogP contribution is -2.71. The number of hydrogen-bond donors (Lipinski definition) is 0. The maximum atomic E-state index is 14.2. The van der Waals surface area contributed by atoms with E-state index in [0.717, 1.165) is 0 Å². The van der Waals surface area contributed by atoms with Crippen LogP contribution in [0.15, 0.2) is 0 Å². The first-order chi connectivity index (χ1) is 14.0. The van der Waals surface area contributed by atoms with E-state index in [1.807, 2.05) is 0 Å². The molecule has 0 aromatic heterocycles. The van der Waals surface area contributed by atoms with Gasteiger partial charge in [-0.3, -0.25) is 0 Å². The van der Waals surface area contributed by atoms with E-state index < -0.39 is 70.2 Å². The summed E-state index contributed by atoms with van der Waals surface area (Å²) in [6, 6.07) is 0. The molecule has 18 heteroatoms. The van der Waals surface area contributed by atoms with Crippen molar-refractivity contribution in [3.8, 4) is 0 Å². The Morgan fingerprint density at radius 2 is 0.818 bits per heavy atom. The van der Waals surface area contributed by atoms with Crippen LogP contribution in [0.4, 0.5) is 57.1 Å². The van der Waals surface area contributed by atoms with Crippen LogP contribution in [0, 0.1) is 0 Å². The summed E-state index contributed by atoms with van der Waals surface area (Å²) < 4.78 is 201. The molecule has 0 amide bonds. The van der Waals surface area contributed by atoms with Crippen molar-refractivity contribution in [1.82, 2.24) is 0 Å². The fourth-order valence-electron chi connectivity index (χ4n) is 3.44. The van der Waals surface area contributed by atoms with Gasteiger partial charge in [-0.25, -0.2) is 0 Å². The fraction of sp³-hybridized carbons (Fsp3) is 1.00. The minimum Gasteiger partial charge on any atom is -0.309 e. The molecule has 33 heavy (non-hydrogen) atoms. The predicted molar refractivity (Wildman–Crippen MR) is 91.8 cm³/mol. The number of alkyl halides is 13. The molecule has 0 atom stereocenters. The van der Waals surface area contributed by atoms with Crippen molar-refractivity contribution in [1.29, 1.82) is 0 Å². The zero-order chi connectivity index (χ0) is 27.4. The maximum absolute atomic E-state index is 14.2. The third-order valence-corrected chi connectivity index (χ3v) is 13.5. The number of rotatable bonds is 10. The molecule has 0 bridgehead atoms. The van der Waals surface area contributed by atoms with Gasteiger partial charge in [-0.1, -0.05) is 41.5 Å². The van der Waals surface area contributed by atoms with Crippen molar-refractivity contribution in [2.45, 2.75) is 93.3 Å². The summed E-state index contributed by atoms with van der Waals surface area (Å²) >= 11 is 0. The van der Waals surface area contributed by atoms with E-state index in [1.54, 1.807) is 0 Å². The first-order valence-electron chi connectivity index (χ1n) is 8.95. The van der Waals surface area contributed by atoms with Gasteiger partial charge < -0.3 is 3.87 Å². The Hall–Kier alpha value is -0.783. The minimum absolute atomic E-state index is 0.979. The number of hydrogen-bond acceptors (Lipinski definition) is 3. The highest BCUT2D eigenvalue weighted by Gasteiger charge is 2.92. The second kappa shape index (κ2) is 8.71. The summed E-state index contributed by atoms with van der Waals surface area (Å²) in [6.45, 7) is 7.28. The molecule has 0 spiro atoms. The molecule has 0 N–H and O–H groups in total. The zero-order valence-corrected chi connectivity index (χ0v) is 19.6. The lowest BCUT2D eigenvalue weighted by atomic mass is 9.98. The Morgan fingerprint density at radius 1 is 0.545 bits per heavy atom. The molecule has 0 aromatic carbocycles. The summed E-state index contributed by atoms with van der Waals surface area (Å²) in [4.78, 5) is 0. The van der Waals surface area contributed by atoms with Crippen LogP contribution < -0.4 is 0 Å². The van der Waals surface area contributed by atoms with E-state index >= 15 is 0 Å². The van der Waals surface area contributed by atoms with E-state index in [-0.39, 0.29) is 0 Å². The summed E-state index contributed by atoms with van der Waals surface area (Å²) in [5.74, 6) is -32.3. The topological polar surface area (TPSA) is 43.4 Å². The van der Waals surface area contributed by atoms with Gasteiger partial charge in [0.25, 0.3) is 0 Å². The van der Waals surface area contributed by atoms with Gasteiger partial charge in [-0.15, -0.1) is 0 Å². The van der Waals surface area contributed by atoms with Gasteiger partial charge >= 0.3 is 45.2 Å². The Morgan fingerprint density at radius 3 is 1.06 bits per heavy atom. The molecule has 0 rings (SSSR count). The largest absolute Gasteiger partial charge is 0.460 e. The first kappa shape index (κ1) is 32.2. The average Bonchev–Trinajstić information content (AvgIpc) is 2.56. The second-order valence-electron chi connectivity index (χ2n) is 8.17. The Balaban J connectivity index is 6.90. The van der Waals surface area contributed by atoms with Crippen LogP contribution in [0.2, 0.25) is 16.6 Å². The van der Waals surface area contributed by atoms with Crippen molar-refractivity contribution in [2.75, 3.05) is 0 Å². The Kier molecular flexibility index (Phi) is 8.50. The van der Waals surface area contributed by atoms with Gasteiger partial charge in [0, 0.05) is 0 Å². The van der Waals surface area contributed by atoms with Gasteiger partial charge in [-0.2, -0.15) is 65.5 Å². The molecule has 200 valence electrons. The molecule has 3 nitrogen and oxygen atoms in total. The lowest BCUT2D eigenvalue weighted by molar-refractivity contribution is -0.433. The Labute approximate surface area is 181 Å². The van der Waals surface area contributed by atoms with Crippen LogP contribution in [-0.4, -0.2) is 51.9 Å². The summed E-state index contributed by atoms with van der Waals surface area (Å²) in [5, 5.41) is -7.34. The lowest BCUT2D eigenvalue weighted by Gasteiger charge is -2.43. The molecule has 0 aliphatic rings. The highest BCUT2D eigenvalue weighted by atomic mass is 32.2. The second-order valence-corrected chi connectivity index (χ2v) is 15.4. The third kappa shape index (κ3) is 4.47. The molecule has 0 fully saturated rings. The van der Waals surface area contributed by atoms with Gasteiger partial charge in [0.2, 0.25) is 8.32 Å². The summed E-state index contributed by atoms with van der Waals surface area (Å²) in [5.41, 5.74) is -2.94. The molecule has 0 unspecified atom stereocenters. The Bertz CT molecular complexity index is 783. The molecular weight excluding hydrogens is 535 g/mol. The van der Waals surface area contributed by atoms with Crippen molar-refractivity contribution >= 4 is 18.4 Å². The number of halogens is 13. The minimum atomic E-state index is -8.21. The van der Waals surface area contributed by atoms with Gasteiger partial charge in [0.1, 0.15) is 0 Å². The van der Waals surface area contributed by atoms with Crippen LogP contribution in [-0.2, 0) is 14.0 Å². The van der Waals surface area contributed by atoms with Gasteiger partial charge in [0.15, 0.2) is 0 Å². The quantitative estimate of drug-likeness (QED) is 0.211. The maximum Gasteiger partial charge on any atom is 0.460 e. The van der Waals surface area contributed by atoms with Crippen molar-refractivity contribution < 1.29 is 69.4 Å². The van der Waals surface area contributed by atoms with Gasteiger partial charge in [-0.05, 0) is 16.6 Å². The first-order valence-corrected chi connectivity index (χ1v) is 12.5. The highest BCUT2D eigenvalue weighted by Crippen LogP contribution is 2.61. The van der Waals surface area contributed by atoms with Crippen molar-refractivity contribution in [3.63, 3.8) is 0 Å². The van der Waals surface area contributed by atoms with Crippen LogP contribution in [0.5, 0.6) is 0 Å². The zero-order valence-electron chi connectivity index (χ0n) is 17.8. The molecule has 0 heterocycles. The SMILES string of the molecule is CC(C)[Si](OS(=O)(=O)C(F)(F)C(F)(F)C(F)(F)C(F)(F)C(F)(F)C(F)(F)F)(C(C)C)C(C)C. The molecule has 0 saturated carbocycles. The van der Waals surface area contributed by atoms with Crippen molar-refractivity contribution in [3.05, 3.63) is 0 Å². The molecule has 0 aliphatic heterocycles. The molecule has 0 saturated heterocycles. The normalized spacial score (nSPS) is 16.3. The van der Waals surface area contributed by atoms with Crippen LogP contribution >= 0.6 is 0 Å². The molecular formula is C15H21F13O3SSi. The van der Waals surface area contributed by atoms with E-state index in [9.17, 15) is 65.5 Å². The summed E-state index contributed by atoms with van der Waals surface area (Å²) in [7, 11) is -11.5. The average molecular weight is 556 g/mol. The highest BCUT2D eigenvalue weighted by molar-refractivity contribution is 7.89. The smallest absolute Gasteiger partial charge is 0.309 e. The van der Waals surface area contributed by atoms with E-state index in [4.69, 9.17) is 0 Å². The van der Waals surface area contributed by atoms with Crippen molar-refractivity contribution in [2.24, 2.45) is 0 Å². The van der Waals surface area contributed by atoms with E-state index in [2.05, 4.69) is 3.87 Å². The molecule has 0 aromatic rings. The molecule has 0 radical (unpaired) electrons. The van der Waals surface area contributed by atoms with Gasteiger partial charge in [0.05, 0.1) is 0 Å². The monoisotopic (exact) mass is 556 g/mol. The van der Waals surface area contributed by atoms with Crippen LogP contribution in [0.1, 0.15) is 41.5 Å². The van der Waals surface area contributed by atoms with Crippen LogP contribution in [0.25, 0.3) is 0 Å². The fourth-order valence-corrected chi connectivity index (χ4v) is 12.1.